The molecule has 4 heteroatoms. The smallest absolute Gasteiger partial charge is 0.154 e. The summed E-state index contributed by atoms with van der Waals surface area (Å²) in [4.78, 5) is 4.65. The highest BCUT2D eigenvalue weighted by atomic mass is 16.5. The maximum atomic E-state index is 5.25. The summed E-state index contributed by atoms with van der Waals surface area (Å²) < 4.78 is 7.04. The molecule has 3 rings (SSSR count). The minimum atomic E-state index is 0.813. The Bertz CT molecular complexity index is 746. The molecule has 96 valence electrons. The van der Waals surface area contributed by atoms with E-state index in [4.69, 9.17) is 4.74 Å². The van der Waals surface area contributed by atoms with E-state index in [1.807, 2.05) is 43.6 Å². The second kappa shape index (κ2) is 4.39. The molecule has 0 N–H and O–H groups in total. The molecular formula is C15H15N3O. The first-order valence-corrected chi connectivity index (χ1v) is 6.14. The molecule has 0 unspecified atom stereocenters. The third kappa shape index (κ3) is 2.05. The predicted octanol–water partition coefficient (Wildman–Crippen LogP) is 3.05. The van der Waals surface area contributed by atoms with Crippen LogP contribution in [0.1, 0.15) is 11.1 Å². The number of rotatable bonds is 2. The van der Waals surface area contributed by atoms with Crippen LogP contribution < -0.4 is 4.74 Å². The number of methoxy groups -OCH3 is 1. The van der Waals surface area contributed by atoms with Crippen LogP contribution in [-0.4, -0.2) is 21.9 Å². The molecule has 4 nitrogen and oxygen atoms in total. The van der Waals surface area contributed by atoms with E-state index in [2.05, 4.69) is 17.0 Å². The third-order valence-electron chi connectivity index (χ3n) is 3.16. The highest BCUT2D eigenvalue weighted by Gasteiger charge is 2.06. The van der Waals surface area contributed by atoms with E-state index in [0.717, 1.165) is 28.0 Å². The standard InChI is InChI=1S/C15H15N3O/c1-10-8-16-18(9-10)15-6-11(2)13-5-4-12(19-3)7-14(13)17-15/h4-9H,1-3H3. The van der Waals surface area contributed by atoms with Crippen molar-refractivity contribution in [1.29, 1.82) is 0 Å². The maximum absolute atomic E-state index is 5.25. The Balaban J connectivity index is 2.22. The summed E-state index contributed by atoms with van der Waals surface area (Å²) in [6.45, 7) is 4.09. The van der Waals surface area contributed by atoms with Gasteiger partial charge >= 0.3 is 0 Å². The van der Waals surface area contributed by atoms with Crippen molar-refractivity contribution >= 4 is 10.9 Å². The van der Waals surface area contributed by atoms with E-state index in [0.29, 0.717) is 0 Å². The number of benzene rings is 1. The van der Waals surface area contributed by atoms with Crippen LogP contribution in [-0.2, 0) is 0 Å². The van der Waals surface area contributed by atoms with Gasteiger partial charge < -0.3 is 4.74 Å². The minimum absolute atomic E-state index is 0.813. The van der Waals surface area contributed by atoms with Gasteiger partial charge in [-0.2, -0.15) is 5.10 Å². The van der Waals surface area contributed by atoms with E-state index < -0.39 is 0 Å². The topological polar surface area (TPSA) is 39.9 Å². The number of ether oxygens (including phenoxy) is 1. The zero-order valence-electron chi connectivity index (χ0n) is 11.2. The first-order chi connectivity index (χ1) is 9.17. The van der Waals surface area contributed by atoms with E-state index in [1.54, 1.807) is 11.8 Å². The second-order valence-corrected chi connectivity index (χ2v) is 4.64. The van der Waals surface area contributed by atoms with Gasteiger partial charge in [-0.25, -0.2) is 9.67 Å². The van der Waals surface area contributed by atoms with Crippen molar-refractivity contribution in [2.45, 2.75) is 13.8 Å². The van der Waals surface area contributed by atoms with Gasteiger partial charge in [-0.3, -0.25) is 0 Å². The Labute approximate surface area is 111 Å². The highest BCUT2D eigenvalue weighted by Crippen LogP contribution is 2.23. The summed E-state index contributed by atoms with van der Waals surface area (Å²) >= 11 is 0. The van der Waals surface area contributed by atoms with Gasteiger partial charge in [-0.05, 0) is 43.2 Å². The highest BCUT2D eigenvalue weighted by molar-refractivity contribution is 5.84. The summed E-state index contributed by atoms with van der Waals surface area (Å²) in [6, 6.07) is 7.98. The van der Waals surface area contributed by atoms with Crippen LogP contribution in [0.25, 0.3) is 16.7 Å². The number of fused-ring (bicyclic) bond motifs is 1. The lowest BCUT2D eigenvalue weighted by Gasteiger charge is -2.08. The van der Waals surface area contributed by atoms with Crippen LogP contribution in [0, 0.1) is 13.8 Å². The quantitative estimate of drug-likeness (QED) is 0.704. The van der Waals surface area contributed by atoms with Gasteiger partial charge in [0.15, 0.2) is 5.82 Å². The molecule has 0 aliphatic carbocycles. The van der Waals surface area contributed by atoms with Gasteiger partial charge in [0.2, 0.25) is 0 Å². The molecule has 0 bridgehead atoms. The Morgan fingerprint density at radius 3 is 2.68 bits per heavy atom. The third-order valence-corrected chi connectivity index (χ3v) is 3.16. The molecule has 0 spiro atoms. The molecule has 3 aromatic rings. The van der Waals surface area contributed by atoms with Crippen LogP contribution in [0.3, 0.4) is 0 Å². The van der Waals surface area contributed by atoms with Crippen molar-refractivity contribution in [1.82, 2.24) is 14.8 Å². The molecule has 0 radical (unpaired) electrons. The largest absolute Gasteiger partial charge is 0.497 e. The molecule has 0 atom stereocenters. The average Bonchev–Trinajstić information content (AvgIpc) is 2.84. The number of nitrogens with zero attached hydrogens (tertiary/aromatic N) is 3. The van der Waals surface area contributed by atoms with E-state index in [1.165, 1.54) is 5.56 Å². The Morgan fingerprint density at radius 2 is 2.00 bits per heavy atom. The van der Waals surface area contributed by atoms with Crippen molar-refractivity contribution in [3.05, 3.63) is 47.8 Å². The number of hydrogen-bond donors (Lipinski definition) is 0. The molecule has 0 aliphatic heterocycles. The Kier molecular flexibility index (Phi) is 2.71. The molecule has 2 heterocycles. The Morgan fingerprint density at radius 1 is 1.16 bits per heavy atom. The molecule has 0 saturated heterocycles. The van der Waals surface area contributed by atoms with Crippen LogP contribution in [0.15, 0.2) is 36.7 Å². The normalized spacial score (nSPS) is 10.9. The zero-order chi connectivity index (χ0) is 13.4. The SMILES string of the molecule is COc1ccc2c(C)cc(-n3cc(C)cn3)nc2c1. The molecule has 0 amide bonds. The number of pyridine rings is 1. The summed E-state index contributed by atoms with van der Waals surface area (Å²) in [6.07, 6.45) is 3.79. The molecule has 0 saturated carbocycles. The fraction of sp³-hybridized carbons (Fsp3) is 0.200. The molecule has 1 aromatic carbocycles. The molecule has 2 aromatic heterocycles. The zero-order valence-corrected chi connectivity index (χ0v) is 11.2. The fourth-order valence-corrected chi connectivity index (χ4v) is 2.15. The summed E-state index contributed by atoms with van der Waals surface area (Å²) in [5.41, 5.74) is 3.21. The van der Waals surface area contributed by atoms with Crippen molar-refractivity contribution in [2.24, 2.45) is 0 Å². The predicted molar refractivity (Wildman–Crippen MR) is 74.9 cm³/mol. The van der Waals surface area contributed by atoms with Crippen LogP contribution >= 0.6 is 0 Å². The van der Waals surface area contributed by atoms with Gasteiger partial charge in [0.1, 0.15) is 5.75 Å². The van der Waals surface area contributed by atoms with Gasteiger partial charge in [0, 0.05) is 17.6 Å². The van der Waals surface area contributed by atoms with Gasteiger partial charge in [-0.1, -0.05) is 0 Å². The molecular weight excluding hydrogens is 238 g/mol. The van der Waals surface area contributed by atoms with Crippen LogP contribution in [0.4, 0.5) is 0 Å². The van der Waals surface area contributed by atoms with Crippen molar-refractivity contribution in [3.63, 3.8) is 0 Å². The fourth-order valence-electron chi connectivity index (χ4n) is 2.15. The monoisotopic (exact) mass is 253 g/mol. The maximum Gasteiger partial charge on any atom is 0.154 e. The minimum Gasteiger partial charge on any atom is -0.497 e. The average molecular weight is 253 g/mol. The van der Waals surface area contributed by atoms with Crippen LogP contribution in [0.5, 0.6) is 5.75 Å². The van der Waals surface area contributed by atoms with Crippen molar-refractivity contribution in [3.8, 4) is 11.6 Å². The second-order valence-electron chi connectivity index (χ2n) is 4.64. The van der Waals surface area contributed by atoms with Gasteiger partial charge in [0.25, 0.3) is 0 Å². The first-order valence-electron chi connectivity index (χ1n) is 6.14. The van der Waals surface area contributed by atoms with Crippen molar-refractivity contribution in [2.75, 3.05) is 7.11 Å². The summed E-state index contributed by atoms with van der Waals surface area (Å²) in [7, 11) is 1.66. The van der Waals surface area contributed by atoms with Crippen LogP contribution in [0.2, 0.25) is 0 Å². The lowest BCUT2D eigenvalue weighted by Crippen LogP contribution is -1.99. The molecule has 0 fully saturated rings. The lowest BCUT2D eigenvalue weighted by atomic mass is 10.1. The van der Waals surface area contributed by atoms with E-state index >= 15 is 0 Å². The number of hydrogen-bond acceptors (Lipinski definition) is 3. The van der Waals surface area contributed by atoms with E-state index in [-0.39, 0.29) is 0 Å². The van der Waals surface area contributed by atoms with Crippen molar-refractivity contribution < 1.29 is 4.74 Å². The van der Waals surface area contributed by atoms with Gasteiger partial charge in [-0.15, -0.1) is 0 Å². The van der Waals surface area contributed by atoms with E-state index in [9.17, 15) is 0 Å². The summed E-state index contributed by atoms with van der Waals surface area (Å²) in [5.74, 6) is 1.64. The number of aromatic nitrogens is 3. The lowest BCUT2D eigenvalue weighted by molar-refractivity contribution is 0.415. The molecule has 19 heavy (non-hydrogen) atoms. The summed E-state index contributed by atoms with van der Waals surface area (Å²) in [5, 5.41) is 5.43. The Hall–Kier alpha value is -2.36. The number of aryl methyl sites for hydroxylation is 2. The molecule has 0 aliphatic rings. The first kappa shape index (κ1) is 11.7. The van der Waals surface area contributed by atoms with Gasteiger partial charge in [0.05, 0.1) is 18.8 Å².